The van der Waals surface area contributed by atoms with Crippen LogP contribution >= 0.6 is 0 Å². The molecule has 0 aliphatic rings. The molecule has 0 rings (SSSR count). The minimum atomic E-state index is 0. The van der Waals surface area contributed by atoms with Crippen LogP contribution in [0, 0.1) is 11.8 Å². The Morgan fingerprint density at radius 2 is 0.818 bits per heavy atom. The molecule has 0 saturated heterocycles. The first-order valence-corrected chi connectivity index (χ1v) is 4.54. The topological polar surface area (TPSA) is 0 Å². The lowest BCUT2D eigenvalue weighted by Crippen LogP contribution is -1.77. The highest BCUT2D eigenvalue weighted by Gasteiger charge is 1.80. The number of hydrogen-bond acceptors (Lipinski definition) is 0. The maximum atomic E-state index is 2.22. The lowest BCUT2D eigenvalue weighted by atomic mass is 10.2. The predicted molar refractivity (Wildman–Crippen MR) is 57.0 cm³/mol. The van der Waals surface area contributed by atoms with E-state index in [-0.39, 0.29) is 7.43 Å². The van der Waals surface area contributed by atoms with Crippen LogP contribution in [0.25, 0.3) is 0 Å². The van der Waals surface area contributed by atoms with Crippen molar-refractivity contribution >= 4 is 0 Å². The summed E-state index contributed by atoms with van der Waals surface area (Å²) in [6.45, 7) is 13.3. The van der Waals surface area contributed by atoms with Gasteiger partial charge in [0.1, 0.15) is 0 Å². The first-order valence-electron chi connectivity index (χ1n) is 4.54. The van der Waals surface area contributed by atoms with E-state index in [1.807, 2.05) is 0 Å². The SMILES string of the molecule is C.CCC(C)C.CCC(C)C. The second kappa shape index (κ2) is 12.7. The third-order valence-electron chi connectivity index (χ3n) is 1.63. The van der Waals surface area contributed by atoms with E-state index in [2.05, 4.69) is 41.5 Å². The van der Waals surface area contributed by atoms with Crippen molar-refractivity contribution in [3.8, 4) is 0 Å². The molecule has 0 N–H and O–H groups in total. The summed E-state index contributed by atoms with van der Waals surface area (Å²) in [5.41, 5.74) is 0. The number of hydrogen-bond donors (Lipinski definition) is 0. The zero-order valence-corrected chi connectivity index (χ0v) is 8.57. The lowest BCUT2D eigenvalue weighted by molar-refractivity contribution is 0.626. The first-order chi connectivity index (χ1) is 4.54. The van der Waals surface area contributed by atoms with Crippen LogP contribution in [0.15, 0.2) is 0 Å². The Morgan fingerprint density at radius 1 is 0.727 bits per heavy atom. The molecule has 0 aromatic rings. The van der Waals surface area contributed by atoms with Crippen molar-refractivity contribution < 1.29 is 0 Å². The van der Waals surface area contributed by atoms with Crippen LogP contribution in [0.3, 0.4) is 0 Å². The second-order valence-corrected chi connectivity index (χ2v) is 3.60. The fraction of sp³-hybridized carbons (Fsp3) is 1.00. The van der Waals surface area contributed by atoms with Crippen LogP contribution in [-0.4, -0.2) is 0 Å². The van der Waals surface area contributed by atoms with Gasteiger partial charge in [-0.15, -0.1) is 0 Å². The van der Waals surface area contributed by atoms with Crippen molar-refractivity contribution in [2.75, 3.05) is 0 Å². The highest BCUT2D eigenvalue weighted by atomic mass is 13.9. The Kier molecular flexibility index (Phi) is 19.8. The maximum Gasteiger partial charge on any atom is -0.0474 e. The standard InChI is InChI=1S/2C5H12.CH4/c2*1-4-5(2)3;/h2*5H,4H2,1-3H3;1H4. The Labute approximate surface area is 74.4 Å². The Hall–Kier alpha value is 0. The summed E-state index contributed by atoms with van der Waals surface area (Å²) in [4.78, 5) is 0. The van der Waals surface area contributed by atoms with Gasteiger partial charge in [0, 0.05) is 0 Å². The minimum absolute atomic E-state index is 0. The summed E-state index contributed by atoms with van der Waals surface area (Å²) in [5.74, 6) is 1.77. The molecule has 0 nitrogen and oxygen atoms in total. The molecule has 0 amide bonds. The molecule has 0 aliphatic heterocycles. The fourth-order valence-electron chi connectivity index (χ4n) is 0. The van der Waals surface area contributed by atoms with Crippen molar-refractivity contribution in [2.45, 2.75) is 61.8 Å². The van der Waals surface area contributed by atoms with Gasteiger partial charge in [0.25, 0.3) is 0 Å². The van der Waals surface area contributed by atoms with E-state index >= 15 is 0 Å². The van der Waals surface area contributed by atoms with Crippen molar-refractivity contribution in [2.24, 2.45) is 11.8 Å². The van der Waals surface area contributed by atoms with Crippen LogP contribution in [0.1, 0.15) is 61.8 Å². The van der Waals surface area contributed by atoms with E-state index in [9.17, 15) is 0 Å². The normalized spacial score (nSPS) is 8.73. The van der Waals surface area contributed by atoms with E-state index in [1.165, 1.54) is 12.8 Å². The monoisotopic (exact) mass is 160 g/mol. The molecule has 0 radical (unpaired) electrons. The zero-order chi connectivity index (χ0) is 8.57. The molecule has 0 aromatic heterocycles. The highest BCUT2D eigenvalue weighted by molar-refractivity contribution is 4.33. The molecular formula is C11H28. The largest absolute Gasteiger partial charge is 0.0776 e. The van der Waals surface area contributed by atoms with Crippen LogP contribution < -0.4 is 0 Å². The average Bonchev–Trinajstić information content (AvgIpc) is 1.89. The molecule has 0 heterocycles. The third kappa shape index (κ3) is 40.0. The Morgan fingerprint density at radius 3 is 0.818 bits per heavy atom. The van der Waals surface area contributed by atoms with Gasteiger partial charge < -0.3 is 0 Å². The molecule has 0 aliphatic carbocycles. The second-order valence-electron chi connectivity index (χ2n) is 3.60. The Balaban J connectivity index is -0.000000107. The Bertz CT molecular complexity index is 36.0. The molecule has 0 bridgehead atoms. The first kappa shape index (κ1) is 17.2. The van der Waals surface area contributed by atoms with Crippen LogP contribution in [0.5, 0.6) is 0 Å². The predicted octanol–water partition coefficient (Wildman–Crippen LogP) is 4.74. The van der Waals surface area contributed by atoms with Gasteiger partial charge >= 0.3 is 0 Å². The quantitative estimate of drug-likeness (QED) is 0.547. The van der Waals surface area contributed by atoms with E-state index in [0.717, 1.165) is 11.8 Å². The molecule has 11 heavy (non-hydrogen) atoms. The van der Waals surface area contributed by atoms with Crippen molar-refractivity contribution in [3.63, 3.8) is 0 Å². The van der Waals surface area contributed by atoms with Gasteiger partial charge in [-0.1, -0.05) is 61.8 Å². The highest BCUT2D eigenvalue weighted by Crippen LogP contribution is 1.94. The molecule has 0 spiro atoms. The number of rotatable bonds is 2. The minimum Gasteiger partial charge on any atom is -0.0776 e. The summed E-state index contributed by atoms with van der Waals surface area (Å²) < 4.78 is 0. The summed E-state index contributed by atoms with van der Waals surface area (Å²) >= 11 is 0. The van der Waals surface area contributed by atoms with Gasteiger partial charge in [-0.05, 0) is 11.8 Å². The van der Waals surface area contributed by atoms with Crippen molar-refractivity contribution in [1.29, 1.82) is 0 Å². The summed E-state index contributed by atoms with van der Waals surface area (Å²) in [7, 11) is 0. The van der Waals surface area contributed by atoms with Gasteiger partial charge in [-0.3, -0.25) is 0 Å². The molecule has 0 heteroatoms. The third-order valence-corrected chi connectivity index (χ3v) is 1.63. The van der Waals surface area contributed by atoms with Gasteiger partial charge in [0.05, 0.1) is 0 Å². The van der Waals surface area contributed by atoms with Crippen LogP contribution in [0.4, 0.5) is 0 Å². The van der Waals surface area contributed by atoms with Crippen LogP contribution in [-0.2, 0) is 0 Å². The molecule has 72 valence electrons. The van der Waals surface area contributed by atoms with Gasteiger partial charge in [-0.25, -0.2) is 0 Å². The van der Waals surface area contributed by atoms with E-state index in [4.69, 9.17) is 0 Å². The molecule has 0 fully saturated rings. The molecule has 0 atom stereocenters. The van der Waals surface area contributed by atoms with E-state index in [1.54, 1.807) is 0 Å². The zero-order valence-electron chi connectivity index (χ0n) is 8.57. The van der Waals surface area contributed by atoms with E-state index in [0.29, 0.717) is 0 Å². The summed E-state index contributed by atoms with van der Waals surface area (Å²) in [5, 5.41) is 0. The fourth-order valence-corrected chi connectivity index (χ4v) is 0. The molecule has 0 aromatic carbocycles. The summed E-state index contributed by atoms with van der Waals surface area (Å²) in [6, 6.07) is 0. The van der Waals surface area contributed by atoms with Crippen molar-refractivity contribution in [3.05, 3.63) is 0 Å². The van der Waals surface area contributed by atoms with Crippen molar-refractivity contribution in [1.82, 2.24) is 0 Å². The van der Waals surface area contributed by atoms with Gasteiger partial charge in [0.15, 0.2) is 0 Å². The maximum absolute atomic E-state index is 2.22. The lowest BCUT2D eigenvalue weighted by Gasteiger charge is -1.90. The molecule has 0 unspecified atom stereocenters. The van der Waals surface area contributed by atoms with Gasteiger partial charge in [0.2, 0.25) is 0 Å². The summed E-state index contributed by atoms with van der Waals surface area (Å²) in [6.07, 6.45) is 2.61. The average molecular weight is 160 g/mol. The van der Waals surface area contributed by atoms with Crippen LogP contribution in [0.2, 0.25) is 0 Å². The van der Waals surface area contributed by atoms with Gasteiger partial charge in [-0.2, -0.15) is 0 Å². The molecular weight excluding hydrogens is 132 g/mol. The molecule has 0 saturated carbocycles. The van der Waals surface area contributed by atoms with E-state index < -0.39 is 0 Å². The smallest absolute Gasteiger partial charge is 0.0474 e.